The molecule has 82 valence electrons. The number of hydrogen-bond acceptors (Lipinski definition) is 3. The number of rotatable bonds is 3. The third kappa shape index (κ3) is 2.78. The van der Waals surface area contributed by atoms with Crippen LogP contribution in [0.4, 0.5) is 0 Å². The molecule has 4 heteroatoms. The molecule has 0 aromatic carbocycles. The van der Waals surface area contributed by atoms with Crippen molar-refractivity contribution >= 4 is 17.2 Å². The summed E-state index contributed by atoms with van der Waals surface area (Å²) in [4.78, 5) is 17.0. The van der Waals surface area contributed by atoms with Crippen LogP contribution in [0.1, 0.15) is 35.6 Å². The highest BCUT2D eigenvalue weighted by Crippen LogP contribution is 2.24. The average Bonchev–Trinajstić information content (AvgIpc) is 2.84. The smallest absolute Gasteiger partial charge is 0.223 e. The molecule has 0 spiro atoms. The minimum Gasteiger partial charge on any atom is -0.351 e. The zero-order chi connectivity index (χ0) is 10.7. The van der Waals surface area contributed by atoms with Crippen LogP contribution in [0.3, 0.4) is 0 Å². The fourth-order valence-electron chi connectivity index (χ4n) is 1.99. The van der Waals surface area contributed by atoms with Crippen LogP contribution in [-0.2, 0) is 11.3 Å². The van der Waals surface area contributed by atoms with E-state index in [-0.39, 0.29) is 11.8 Å². The zero-order valence-electron chi connectivity index (χ0n) is 8.95. The lowest BCUT2D eigenvalue weighted by atomic mass is 10.1. The Balaban J connectivity index is 1.80. The van der Waals surface area contributed by atoms with E-state index in [1.165, 1.54) is 12.8 Å². The molecule has 0 bridgehead atoms. The Morgan fingerprint density at radius 1 is 1.60 bits per heavy atom. The van der Waals surface area contributed by atoms with Gasteiger partial charge in [-0.15, -0.1) is 11.3 Å². The zero-order valence-corrected chi connectivity index (χ0v) is 9.77. The van der Waals surface area contributed by atoms with Gasteiger partial charge in [-0.3, -0.25) is 4.79 Å². The first-order valence-corrected chi connectivity index (χ1v) is 6.26. The van der Waals surface area contributed by atoms with E-state index in [4.69, 9.17) is 0 Å². The number of hydrogen-bond donors (Lipinski definition) is 1. The van der Waals surface area contributed by atoms with Crippen LogP contribution >= 0.6 is 11.3 Å². The van der Waals surface area contributed by atoms with E-state index in [1.807, 2.05) is 13.1 Å². The fraction of sp³-hybridized carbons (Fsp3) is 0.636. The first kappa shape index (κ1) is 10.6. The molecule has 0 atom stereocenters. The van der Waals surface area contributed by atoms with E-state index < -0.39 is 0 Å². The van der Waals surface area contributed by atoms with Gasteiger partial charge in [-0.25, -0.2) is 4.98 Å². The number of carbonyl (C=O) groups is 1. The van der Waals surface area contributed by atoms with Crippen molar-refractivity contribution in [2.24, 2.45) is 5.92 Å². The normalized spacial score (nSPS) is 16.9. The Bertz CT molecular complexity index is 342. The molecule has 0 unspecified atom stereocenters. The second kappa shape index (κ2) is 4.75. The van der Waals surface area contributed by atoms with Crippen LogP contribution in [-0.4, -0.2) is 10.9 Å². The van der Waals surface area contributed by atoms with Crippen LogP contribution in [0.15, 0.2) is 6.20 Å². The summed E-state index contributed by atoms with van der Waals surface area (Å²) in [7, 11) is 0. The predicted octanol–water partition coefficient (Wildman–Crippen LogP) is 2.26. The molecule has 0 radical (unpaired) electrons. The van der Waals surface area contributed by atoms with Crippen molar-refractivity contribution in [1.82, 2.24) is 10.3 Å². The van der Waals surface area contributed by atoms with E-state index in [0.29, 0.717) is 6.54 Å². The Morgan fingerprint density at radius 2 is 2.33 bits per heavy atom. The minimum atomic E-state index is 0.221. The molecule has 1 heterocycles. The monoisotopic (exact) mass is 224 g/mol. The molecule has 3 nitrogen and oxygen atoms in total. The summed E-state index contributed by atoms with van der Waals surface area (Å²) >= 11 is 1.65. The number of nitrogens with one attached hydrogen (secondary N) is 1. The predicted molar refractivity (Wildman–Crippen MR) is 60.7 cm³/mol. The third-order valence-electron chi connectivity index (χ3n) is 2.83. The quantitative estimate of drug-likeness (QED) is 0.855. The molecule has 15 heavy (non-hydrogen) atoms. The molecule has 2 rings (SSSR count). The Hall–Kier alpha value is -0.900. The Morgan fingerprint density at radius 3 is 2.93 bits per heavy atom. The molecule has 0 saturated heterocycles. The Kier molecular flexibility index (Phi) is 3.36. The van der Waals surface area contributed by atoms with E-state index >= 15 is 0 Å². The molecular weight excluding hydrogens is 208 g/mol. The molecule has 1 amide bonds. The molecule has 1 aliphatic rings. The van der Waals surface area contributed by atoms with Crippen LogP contribution in [0.25, 0.3) is 0 Å². The summed E-state index contributed by atoms with van der Waals surface area (Å²) in [5, 5.41) is 4.04. The van der Waals surface area contributed by atoms with Crippen LogP contribution in [0.5, 0.6) is 0 Å². The second-order valence-electron chi connectivity index (χ2n) is 4.04. The topological polar surface area (TPSA) is 42.0 Å². The van der Waals surface area contributed by atoms with Gasteiger partial charge in [-0.2, -0.15) is 0 Å². The van der Waals surface area contributed by atoms with Gasteiger partial charge in [-0.1, -0.05) is 12.8 Å². The standard InChI is InChI=1S/C11H16N2OS/c1-8-12-6-10(15-8)7-13-11(14)9-4-2-3-5-9/h6,9H,2-5,7H2,1H3,(H,13,14). The van der Waals surface area contributed by atoms with Crippen molar-refractivity contribution < 1.29 is 4.79 Å². The lowest BCUT2D eigenvalue weighted by molar-refractivity contribution is -0.124. The highest BCUT2D eigenvalue weighted by molar-refractivity contribution is 7.11. The molecule has 1 fully saturated rings. The first-order chi connectivity index (χ1) is 7.25. The van der Waals surface area contributed by atoms with Gasteiger partial charge in [0.15, 0.2) is 0 Å². The van der Waals surface area contributed by atoms with Crippen molar-refractivity contribution in [3.63, 3.8) is 0 Å². The van der Waals surface area contributed by atoms with Gasteiger partial charge in [0.25, 0.3) is 0 Å². The van der Waals surface area contributed by atoms with E-state index in [0.717, 1.165) is 22.7 Å². The molecule has 0 aliphatic heterocycles. The average molecular weight is 224 g/mol. The maximum absolute atomic E-state index is 11.7. The maximum Gasteiger partial charge on any atom is 0.223 e. The summed E-state index contributed by atoms with van der Waals surface area (Å²) in [6.45, 7) is 2.62. The third-order valence-corrected chi connectivity index (χ3v) is 3.74. The van der Waals surface area contributed by atoms with Gasteiger partial charge in [0.2, 0.25) is 5.91 Å². The summed E-state index contributed by atoms with van der Waals surface area (Å²) in [6, 6.07) is 0. The summed E-state index contributed by atoms with van der Waals surface area (Å²) in [6.07, 6.45) is 6.38. The van der Waals surface area contributed by atoms with Crippen LogP contribution in [0, 0.1) is 12.8 Å². The van der Waals surface area contributed by atoms with Gasteiger partial charge in [-0.05, 0) is 19.8 Å². The fourth-order valence-corrected chi connectivity index (χ4v) is 2.73. The summed E-state index contributed by atoms with van der Waals surface area (Å²) in [5.74, 6) is 0.484. The van der Waals surface area contributed by atoms with Gasteiger partial charge in [0.1, 0.15) is 0 Å². The van der Waals surface area contributed by atoms with Gasteiger partial charge >= 0.3 is 0 Å². The van der Waals surface area contributed by atoms with Crippen molar-refractivity contribution in [1.29, 1.82) is 0 Å². The first-order valence-electron chi connectivity index (χ1n) is 5.45. The van der Waals surface area contributed by atoms with Crippen molar-refractivity contribution in [2.45, 2.75) is 39.2 Å². The lowest BCUT2D eigenvalue weighted by Crippen LogP contribution is -2.28. The van der Waals surface area contributed by atoms with Crippen molar-refractivity contribution in [3.8, 4) is 0 Å². The van der Waals surface area contributed by atoms with Crippen LogP contribution in [0.2, 0.25) is 0 Å². The second-order valence-corrected chi connectivity index (χ2v) is 5.36. The number of thiazole rings is 1. The highest BCUT2D eigenvalue weighted by atomic mass is 32.1. The van der Waals surface area contributed by atoms with Gasteiger partial charge in [0.05, 0.1) is 11.6 Å². The Labute approximate surface area is 93.9 Å². The minimum absolute atomic E-state index is 0.221. The summed E-state index contributed by atoms with van der Waals surface area (Å²) in [5.41, 5.74) is 0. The number of nitrogens with zero attached hydrogens (tertiary/aromatic N) is 1. The van der Waals surface area contributed by atoms with E-state index in [2.05, 4.69) is 10.3 Å². The molecule has 1 aromatic rings. The van der Waals surface area contributed by atoms with E-state index in [1.54, 1.807) is 11.3 Å². The number of carbonyl (C=O) groups excluding carboxylic acids is 1. The van der Waals surface area contributed by atoms with Gasteiger partial charge < -0.3 is 5.32 Å². The number of aromatic nitrogens is 1. The van der Waals surface area contributed by atoms with Crippen molar-refractivity contribution in [2.75, 3.05) is 0 Å². The number of amides is 1. The molecule has 1 aromatic heterocycles. The molecular formula is C11H16N2OS. The molecule has 1 saturated carbocycles. The van der Waals surface area contributed by atoms with Crippen LogP contribution < -0.4 is 5.32 Å². The molecule has 1 N–H and O–H groups in total. The lowest BCUT2D eigenvalue weighted by Gasteiger charge is -2.08. The largest absolute Gasteiger partial charge is 0.351 e. The molecule has 1 aliphatic carbocycles. The highest BCUT2D eigenvalue weighted by Gasteiger charge is 2.22. The van der Waals surface area contributed by atoms with Crippen molar-refractivity contribution in [3.05, 3.63) is 16.1 Å². The van der Waals surface area contributed by atoms with E-state index in [9.17, 15) is 4.79 Å². The maximum atomic E-state index is 11.7. The SMILES string of the molecule is Cc1ncc(CNC(=O)C2CCCC2)s1. The van der Waals surface area contributed by atoms with Gasteiger partial charge in [0, 0.05) is 17.0 Å². The number of aryl methyl sites for hydroxylation is 1. The summed E-state index contributed by atoms with van der Waals surface area (Å²) < 4.78 is 0.